The Morgan fingerprint density at radius 3 is 2.35 bits per heavy atom. The number of hydrogen-bond donors (Lipinski definition) is 0. The number of ether oxygens (including phenoxy) is 1. The van der Waals surface area contributed by atoms with Crippen LogP contribution in [0.4, 0.5) is 0 Å². The van der Waals surface area contributed by atoms with E-state index in [1.54, 1.807) is 7.11 Å². The third-order valence-electron chi connectivity index (χ3n) is 2.64. The molecule has 0 amide bonds. The van der Waals surface area contributed by atoms with E-state index < -0.39 is 0 Å². The minimum atomic E-state index is 0.288. The number of benzene rings is 1. The normalized spacial score (nSPS) is 13.6. The Hall–Kier alpha value is -0.0200. The summed E-state index contributed by atoms with van der Waals surface area (Å²) >= 11 is 7.35. The Labute approximate surface area is 121 Å². The van der Waals surface area contributed by atoms with Crippen LogP contribution >= 0.6 is 31.9 Å². The van der Waals surface area contributed by atoms with Gasteiger partial charge in [-0.15, -0.1) is 0 Å². The summed E-state index contributed by atoms with van der Waals surface area (Å²) in [5, 5.41) is 0. The van der Waals surface area contributed by atoms with Gasteiger partial charge in [-0.2, -0.15) is 0 Å². The third-order valence-corrected chi connectivity index (χ3v) is 4.31. The van der Waals surface area contributed by atoms with Crippen LogP contribution in [0.3, 0.4) is 0 Å². The Balaban J connectivity index is 3.08. The molecule has 3 heteroatoms. The maximum atomic E-state index is 5.47. The number of aryl methyl sites for hydroxylation is 1. The highest BCUT2D eigenvalue weighted by molar-refractivity contribution is 9.10. The predicted molar refractivity (Wildman–Crippen MR) is 81.2 cm³/mol. The lowest BCUT2D eigenvalue weighted by molar-refractivity contribution is 0.367. The third kappa shape index (κ3) is 4.29. The summed E-state index contributed by atoms with van der Waals surface area (Å²) < 4.78 is 6.60. The molecule has 96 valence electrons. The van der Waals surface area contributed by atoms with Gasteiger partial charge in [-0.3, -0.25) is 0 Å². The first-order valence-corrected chi connectivity index (χ1v) is 7.43. The van der Waals surface area contributed by atoms with Gasteiger partial charge >= 0.3 is 0 Å². The van der Waals surface area contributed by atoms with E-state index in [1.807, 2.05) is 0 Å². The fraction of sp³-hybridized carbons (Fsp3) is 0.571. The summed E-state index contributed by atoms with van der Waals surface area (Å²) in [4.78, 5) is 0.314. The zero-order valence-electron chi connectivity index (χ0n) is 11.1. The first-order chi connectivity index (χ1) is 7.74. The largest absolute Gasteiger partial charge is 0.496 e. The molecule has 17 heavy (non-hydrogen) atoms. The average Bonchev–Trinajstić information content (AvgIpc) is 2.18. The van der Waals surface area contributed by atoms with Crippen LogP contribution in [-0.2, 0) is 0 Å². The Bertz CT molecular complexity index is 394. The van der Waals surface area contributed by atoms with Crippen LogP contribution in [-0.4, -0.2) is 7.11 Å². The van der Waals surface area contributed by atoms with Gasteiger partial charge in [-0.1, -0.05) is 52.6 Å². The van der Waals surface area contributed by atoms with E-state index in [2.05, 4.69) is 71.7 Å². The van der Waals surface area contributed by atoms with Crippen molar-refractivity contribution in [2.24, 2.45) is 5.41 Å². The second kappa shape index (κ2) is 5.75. The van der Waals surface area contributed by atoms with E-state index in [1.165, 1.54) is 11.1 Å². The molecule has 0 heterocycles. The fourth-order valence-electron chi connectivity index (χ4n) is 1.74. The van der Waals surface area contributed by atoms with Gasteiger partial charge in [-0.05, 0) is 36.5 Å². The van der Waals surface area contributed by atoms with Crippen LogP contribution < -0.4 is 4.74 Å². The lowest BCUT2D eigenvalue weighted by atomic mass is 9.88. The first-order valence-electron chi connectivity index (χ1n) is 5.72. The topological polar surface area (TPSA) is 9.23 Å². The summed E-state index contributed by atoms with van der Waals surface area (Å²) in [5.74, 6) is 0.955. The molecule has 0 fully saturated rings. The quantitative estimate of drug-likeness (QED) is 0.631. The number of alkyl halides is 1. The highest BCUT2D eigenvalue weighted by atomic mass is 79.9. The molecule has 1 aromatic carbocycles. The summed E-state index contributed by atoms with van der Waals surface area (Å²) in [5.41, 5.74) is 2.69. The molecule has 1 aromatic rings. The molecule has 1 atom stereocenters. The van der Waals surface area contributed by atoms with Crippen LogP contribution in [0.2, 0.25) is 0 Å². The standard InChI is InChI=1S/C14H20Br2O/c1-9-6-13(17-5)10(7-11(9)15)12(16)8-14(2,3)4/h6-7,12H,8H2,1-5H3. The second-order valence-electron chi connectivity index (χ2n) is 5.58. The Kier molecular flexibility index (Phi) is 5.08. The fourth-order valence-corrected chi connectivity index (χ4v) is 3.43. The van der Waals surface area contributed by atoms with Crippen LogP contribution in [0, 0.1) is 12.3 Å². The molecule has 0 saturated heterocycles. The summed E-state index contributed by atoms with van der Waals surface area (Å²) in [6.45, 7) is 8.81. The van der Waals surface area contributed by atoms with Crippen LogP contribution in [0.25, 0.3) is 0 Å². The van der Waals surface area contributed by atoms with E-state index in [9.17, 15) is 0 Å². The maximum absolute atomic E-state index is 5.47. The van der Waals surface area contributed by atoms with Crippen molar-refractivity contribution in [3.05, 3.63) is 27.7 Å². The number of rotatable bonds is 3. The second-order valence-corrected chi connectivity index (χ2v) is 7.54. The van der Waals surface area contributed by atoms with E-state index in [0.29, 0.717) is 4.83 Å². The zero-order valence-corrected chi connectivity index (χ0v) is 14.3. The molecule has 1 nitrogen and oxygen atoms in total. The number of halogens is 2. The van der Waals surface area contributed by atoms with Crippen molar-refractivity contribution in [2.75, 3.05) is 7.11 Å². The molecule has 0 aliphatic carbocycles. The van der Waals surface area contributed by atoms with Crippen molar-refractivity contribution >= 4 is 31.9 Å². The molecular formula is C14H20Br2O. The van der Waals surface area contributed by atoms with Gasteiger partial charge in [0.2, 0.25) is 0 Å². The molecule has 0 aliphatic rings. The van der Waals surface area contributed by atoms with Crippen molar-refractivity contribution in [3.8, 4) is 5.75 Å². The highest BCUT2D eigenvalue weighted by Crippen LogP contribution is 2.41. The van der Waals surface area contributed by atoms with Crippen LogP contribution in [0.5, 0.6) is 5.75 Å². The predicted octanol–water partition coefficient (Wildman–Crippen LogP) is 5.64. The molecule has 0 spiro atoms. The van der Waals surface area contributed by atoms with E-state index in [-0.39, 0.29) is 5.41 Å². The van der Waals surface area contributed by atoms with Crippen LogP contribution in [0.1, 0.15) is 43.1 Å². The minimum absolute atomic E-state index is 0.288. The van der Waals surface area contributed by atoms with Crippen molar-refractivity contribution in [2.45, 2.75) is 38.9 Å². The molecule has 0 saturated carbocycles. The summed E-state index contributed by atoms with van der Waals surface area (Å²) in [6, 6.07) is 4.23. The Morgan fingerprint density at radius 1 is 1.29 bits per heavy atom. The lowest BCUT2D eigenvalue weighted by Gasteiger charge is -2.24. The molecule has 0 bridgehead atoms. The van der Waals surface area contributed by atoms with Crippen molar-refractivity contribution in [3.63, 3.8) is 0 Å². The van der Waals surface area contributed by atoms with Gasteiger partial charge in [0.15, 0.2) is 0 Å². The smallest absolute Gasteiger partial charge is 0.123 e. The number of methoxy groups -OCH3 is 1. The molecule has 1 unspecified atom stereocenters. The first kappa shape index (κ1) is 15.0. The van der Waals surface area contributed by atoms with Gasteiger partial charge in [0.1, 0.15) is 5.75 Å². The molecular weight excluding hydrogens is 344 g/mol. The van der Waals surface area contributed by atoms with Gasteiger partial charge in [0, 0.05) is 14.9 Å². The lowest BCUT2D eigenvalue weighted by Crippen LogP contribution is -2.09. The van der Waals surface area contributed by atoms with Crippen molar-refractivity contribution in [1.29, 1.82) is 0 Å². The minimum Gasteiger partial charge on any atom is -0.496 e. The molecule has 0 aliphatic heterocycles. The summed E-state index contributed by atoms with van der Waals surface area (Å²) in [6.07, 6.45) is 1.07. The van der Waals surface area contributed by atoms with E-state index in [4.69, 9.17) is 4.74 Å². The summed E-state index contributed by atoms with van der Waals surface area (Å²) in [7, 11) is 1.73. The molecule has 0 radical (unpaired) electrons. The van der Waals surface area contributed by atoms with Crippen molar-refractivity contribution < 1.29 is 4.74 Å². The number of hydrogen-bond acceptors (Lipinski definition) is 1. The maximum Gasteiger partial charge on any atom is 0.123 e. The Morgan fingerprint density at radius 2 is 1.88 bits per heavy atom. The molecule has 1 rings (SSSR count). The average molecular weight is 364 g/mol. The molecule has 0 N–H and O–H groups in total. The van der Waals surface area contributed by atoms with Crippen LogP contribution in [0.15, 0.2) is 16.6 Å². The van der Waals surface area contributed by atoms with Gasteiger partial charge in [0.25, 0.3) is 0 Å². The zero-order chi connectivity index (χ0) is 13.2. The SMILES string of the molecule is COc1cc(C)c(Br)cc1C(Br)CC(C)(C)C. The van der Waals surface area contributed by atoms with E-state index >= 15 is 0 Å². The van der Waals surface area contributed by atoms with E-state index in [0.717, 1.165) is 16.6 Å². The molecule has 0 aromatic heterocycles. The highest BCUT2D eigenvalue weighted by Gasteiger charge is 2.21. The van der Waals surface area contributed by atoms with Gasteiger partial charge in [0.05, 0.1) is 7.11 Å². The van der Waals surface area contributed by atoms with Crippen molar-refractivity contribution in [1.82, 2.24) is 0 Å². The van der Waals surface area contributed by atoms with Gasteiger partial charge < -0.3 is 4.74 Å². The monoisotopic (exact) mass is 362 g/mol. The van der Waals surface area contributed by atoms with Gasteiger partial charge in [-0.25, -0.2) is 0 Å².